The minimum absolute atomic E-state index is 0.0604. The van der Waals surface area contributed by atoms with Gasteiger partial charge in [-0.25, -0.2) is 4.79 Å². The van der Waals surface area contributed by atoms with E-state index in [0.29, 0.717) is 15.7 Å². The lowest BCUT2D eigenvalue weighted by Gasteiger charge is -2.08. The predicted molar refractivity (Wildman–Crippen MR) is 81.0 cm³/mol. The highest BCUT2D eigenvalue weighted by atomic mass is 35.5. The Kier molecular flexibility index (Phi) is 4.82. The number of aryl methyl sites for hydroxylation is 1. The van der Waals surface area contributed by atoms with Crippen LogP contribution in [0.5, 0.6) is 0 Å². The van der Waals surface area contributed by atoms with E-state index in [9.17, 15) is 14.4 Å². The molecule has 2 rings (SSSR count). The van der Waals surface area contributed by atoms with Gasteiger partial charge in [0.25, 0.3) is 5.56 Å². The maximum absolute atomic E-state index is 11.8. The fourth-order valence-electron chi connectivity index (χ4n) is 1.65. The number of hydrogen-bond donors (Lipinski definition) is 2. The molecule has 1 aromatic carbocycles. The summed E-state index contributed by atoms with van der Waals surface area (Å²) in [7, 11) is 0. The van der Waals surface area contributed by atoms with Gasteiger partial charge in [0.2, 0.25) is 5.91 Å². The summed E-state index contributed by atoms with van der Waals surface area (Å²) in [6, 6.07) is 5.94. The lowest BCUT2D eigenvalue weighted by Crippen LogP contribution is -2.29. The molecule has 0 bridgehead atoms. The molecule has 1 heterocycles. The summed E-state index contributed by atoms with van der Waals surface area (Å²) >= 11 is 11.7. The van der Waals surface area contributed by atoms with Crippen LogP contribution in [-0.4, -0.2) is 15.5 Å². The normalized spacial score (nSPS) is 10.4. The Morgan fingerprint density at radius 3 is 2.67 bits per heavy atom. The van der Waals surface area contributed by atoms with Gasteiger partial charge >= 0.3 is 5.69 Å². The van der Waals surface area contributed by atoms with Gasteiger partial charge in [0, 0.05) is 30.3 Å². The van der Waals surface area contributed by atoms with Crippen LogP contribution in [0, 0.1) is 0 Å². The lowest BCUT2D eigenvalue weighted by atomic mass is 10.3. The SMILES string of the molecule is O=C(CCn1ccc(=O)[nH]c1=O)Nc1ccc(Cl)cc1Cl. The number of aromatic nitrogens is 2. The molecule has 0 saturated heterocycles. The van der Waals surface area contributed by atoms with Gasteiger partial charge in [0.05, 0.1) is 10.7 Å². The third-order valence-electron chi connectivity index (χ3n) is 2.68. The van der Waals surface area contributed by atoms with Gasteiger partial charge in [-0.3, -0.25) is 14.6 Å². The van der Waals surface area contributed by atoms with E-state index in [1.165, 1.54) is 22.9 Å². The highest BCUT2D eigenvalue weighted by Crippen LogP contribution is 2.25. The smallest absolute Gasteiger partial charge is 0.325 e. The number of carbonyl (C=O) groups is 1. The van der Waals surface area contributed by atoms with E-state index in [1.807, 2.05) is 0 Å². The van der Waals surface area contributed by atoms with E-state index in [-0.39, 0.29) is 18.9 Å². The maximum Gasteiger partial charge on any atom is 0.328 e. The number of anilines is 1. The summed E-state index contributed by atoms with van der Waals surface area (Å²) in [6.07, 6.45) is 1.40. The lowest BCUT2D eigenvalue weighted by molar-refractivity contribution is -0.116. The quantitative estimate of drug-likeness (QED) is 0.899. The second-order valence-corrected chi connectivity index (χ2v) is 5.07. The first-order valence-corrected chi connectivity index (χ1v) is 6.76. The first kappa shape index (κ1) is 15.3. The number of carbonyl (C=O) groups excluding carboxylic acids is 1. The largest absolute Gasteiger partial charge is 0.328 e. The summed E-state index contributed by atoms with van der Waals surface area (Å²) in [4.78, 5) is 36.3. The second-order valence-electron chi connectivity index (χ2n) is 4.23. The summed E-state index contributed by atoms with van der Waals surface area (Å²) in [5.41, 5.74) is -0.589. The number of nitrogens with one attached hydrogen (secondary N) is 2. The number of rotatable bonds is 4. The third kappa shape index (κ3) is 4.21. The Hall–Kier alpha value is -2.05. The van der Waals surface area contributed by atoms with Crippen LogP contribution >= 0.6 is 23.2 Å². The average Bonchev–Trinajstić information content (AvgIpc) is 2.41. The Morgan fingerprint density at radius 1 is 1.24 bits per heavy atom. The number of aromatic amines is 1. The standard InChI is InChI=1S/C13H11Cl2N3O3/c14-8-1-2-10(9(15)7-8)16-11(19)3-5-18-6-4-12(20)17-13(18)21/h1-2,4,6-7H,3,5H2,(H,16,19)(H,17,20,21). The molecular formula is C13H11Cl2N3O3. The van der Waals surface area contributed by atoms with Crippen LogP contribution in [0.3, 0.4) is 0 Å². The molecule has 0 fully saturated rings. The van der Waals surface area contributed by atoms with Crippen LogP contribution in [0.15, 0.2) is 40.1 Å². The molecule has 2 aromatic rings. The van der Waals surface area contributed by atoms with E-state index >= 15 is 0 Å². The van der Waals surface area contributed by atoms with Gasteiger partial charge < -0.3 is 9.88 Å². The molecule has 1 amide bonds. The van der Waals surface area contributed by atoms with Crippen molar-refractivity contribution in [2.24, 2.45) is 0 Å². The van der Waals surface area contributed by atoms with Crippen LogP contribution in [0.4, 0.5) is 5.69 Å². The second kappa shape index (κ2) is 6.60. The Bertz CT molecular complexity index is 783. The van der Waals surface area contributed by atoms with Crippen molar-refractivity contribution in [3.05, 3.63) is 61.3 Å². The van der Waals surface area contributed by atoms with Crippen LogP contribution in [0.2, 0.25) is 10.0 Å². The van der Waals surface area contributed by atoms with E-state index in [1.54, 1.807) is 12.1 Å². The highest BCUT2D eigenvalue weighted by molar-refractivity contribution is 6.36. The first-order chi connectivity index (χ1) is 9.95. The molecule has 0 radical (unpaired) electrons. The Balaban J connectivity index is 1.99. The molecule has 0 atom stereocenters. The Morgan fingerprint density at radius 2 is 2.00 bits per heavy atom. The molecule has 1 aromatic heterocycles. The molecule has 0 aliphatic heterocycles. The molecule has 2 N–H and O–H groups in total. The van der Waals surface area contributed by atoms with Crippen molar-refractivity contribution in [3.63, 3.8) is 0 Å². The number of amides is 1. The number of benzene rings is 1. The van der Waals surface area contributed by atoms with E-state index in [4.69, 9.17) is 23.2 Å². The molecule has 110 valence electrons. The summed E-state index contributed by atoms with van der Waals surface area (Å²) in [5, 5.41) is 3.42. The van der Waals surface area contributed by atoms with Crippen molar-refractivity contribution < 1.29 is 4.79 Å². The molecule has 8 heteroatoms. The number of nitrogens with zero attached hydrogens (tertiary/aromatic N) is 1. The zero-order valence-electron chi connectivity index (χ0n) is 10.7. The summed E-state index contributed by atoms with van der Waals surface area (Å²) < 4.78 is 1.24. The van der Waals surface area contributed by atoms with Gasteiger partial charge in [-0.1, -0.05) is 23.2 Å². The molecule has 0 unspecified atom stereocenters. The zero-order valence-corrected chi connectivity index (χ0v) is 12.2. The van der Waals surface area contributed by atoms with Crippen molar-refractivity contribution >= 4 is 34.8 Å². The van der Waals surface area contributed by atoms with Crippen LogP contribution in [-0.2, 0) is 11.3 Å². The molecule has 6 nitrogen and oxygen atoms in total. The first-order valence-electron chi connectivity index (χ1n) is 6.00. The van der Waals surface area contributed by atoms with Crippen molar-refractivity contribution in [2.75, 3.05) is 5.32 Å². The average molecular weight is 328 g/mol. The highest BCUT2D eigenvalue weighted by Gasteiger charge is 2.07. The number of H-pyrrole nitrogens is 1. The fourth-order valence-corrected chi connectivity index (χ4v) is 2.10. The predicted octanol–water partition coefficient (Wildman–Crippen LogP) is 1.87. The van der Waals surface area contributed by atoms with Crippen molar-refractivity contribution in [2.45, 2.75) is 13.0 Å². The molecule has 0 aliphatic carbocycles. The molecular weight excluding hydrogens is 317 g/mol. The summed E-state index contributed by atoms with van der Waals surface area (Å²) in [6.45, 7) is 0.145. The van der Waals surface area contributed by atoms with Crippen molar-refractivity contribution in [1.82, 2.24) is 9.55 Å². The monoisotopic (exact) mass is 327 g/mol. The fraction of sp³-hybridized carbons (Fsp3) is 0.154. The topological polar surface area (TPSA) is 84.0 Å². The van der Waals surface area contributed by atoms with E-state index in [2.05, 4.69) is 10.3 Å². The number of hydrogen-bond acceptors (Lipinski definition) is 3. The van der Waals surface area contributed by atoms with Crippen molar-refractivity contribution in [1.29, 1.82) is 0 Å². The van der Waals surface area contributed by atoms with Gasteiger partial charge in [-0.15, -0.1) is 0 Å². The van der Waals surface area contributed by atoms with Crippen LogP contribution in [0.25, 0.3) is 0 Å². The van der Waals surface area contributed by atoms with Gasteiger partial charge in [-0.2, -0.15) is 0 Å². The minimum Gasteiger partial charge on any atom is -0.325 e. The van der Waals surface area contributed by atoms with Gasteiger partial charge in [-0.05, 0) is 18.2 Å². The summed E-state index contributed by atoms with van der Waals surface area (Å²) in [5.74, 6) is -0.308. The van der Waals surface area contributed by atoms with Gasteiger partial charge in [0.1, 0.15) is 0 Å². The van der Waals surface area contributed by atoms with Crippen LogP contribution in [0.1, 0.15) is 6.42 Å². The van der Waals surface area contributed by atoms with E-state index < -0.39 is 11.2 Å². The van der Waals surface area contributed by atoms with Gasteiger partial charge in [0.15, 0.2) is 0 Å². The van der Waals surface area contributed by atoms with Crippen molar-refractivity contribution in [3.8, 4) is 0 Å². The molecule has 0 aliphatic rings. The molecule has 0 spiro atoms. The maximum atomic E-state index is 11.8. The number of halogens is 2. The van der Waals surface area contributed by atoms with Crippen LogP contribution < -0.4 is 16.6 Å². The van der Waals surface area contributed by atoms with E-state index in [0.717, 1.165) is 0 Å². The molecule has 0 saturated carbocycles. The minimum atomic E-state index is -0.556. The zero-order chi connectivity index (χ0) is 15.4. The Labute approximate surface area is 129 Å². The molecule has 21 heavy (non-hydrogen) atoms. The third-order valence-corrected chi connectivity index (χ3v) is 3.23.